The minimum atomic E-state index is 0.0343. The Hall–Kier alpha value is -1.14. The number of aromatic nitrogens is 2. The predicted molar refractivity (Wildman–Crippen MR) is 57.3 cm³/mol. The van der Waals surface area contributed by atoms with Crippen LogP contribution in [0, 0.1) is 0 Å². The van der Waals surface area contributed by atoms with E-state index in [1.807, 2.05) is 0 Å². The summed E-state index contributed by atoms with van der Waals surface area (Å²) in [7, 11) is 0. The van der Waals surface area contributed by atoms with Crippen molar-refractivity contribution in [3.63, 3.8) is 0 Å². The van der Waals surface area contributed by atoms with Gasteiger partial charge < -0.3 is 19.6 Å². The lowest BCUT2D eigenvalue weighted by Crippen LogP contribution is -2.28. The van der Waals surface area contributed by atoms with Gasteiger partial charge in [-0.15, -0.1) is 0 Å². The molecule has 0 aromatic carbocycles. The number of hydrogen-bond donors (Lipinski definition) is 2. The lowest BCUT2D eigenvalue weighted by molar-refractivity contribution is 0.276. The smallest absolute Gasteiger partial charge is 0.324 e. The number of nitrogens with zero attached hydrogens (tertiary/aromatic N) is 3. The zero-order chi connectivity index (χ0) is 11.4. The highest BCUT2D eigenvalue weighted by Crippen LogP contribution is 2.38. The summed E-state index contributed by atoms with van der Waals surface area (Å²) in [4.78, 5) is 6.10. The Kier molecular flexibility index (Phi) is 3.74. The van der Waals surface area contributed by atoms with Gasteiger partial charge in [0.1, 0.15) is 0 Å². The van der Waals surface area contributed by atoms with Crippen molar-refractivity contribution in [2.24, 2.45) is 0 Å². The molecule has 0 amide bonds. The summed E-state index contributed by atoms with van der Waals surface area (Å²) in [6, 6.07) is 0.449. The highest BCUT2D eigenvalue weighted by molar-refractivity contribution is 5.26. The van der Waals surface area contributed by atoms with E-state index in [9.17, 15) is 0 Å². The van der Waals surface area contributed by atoms with Crippen molar-refractivity contribution in [3.05, 3.63) is 5.82 Å². The Morgan fingerprint density at radius 2 is 2.06 bits per heavy atom. The van der Waals surface area contributed by atoms with Crippen molar-refractivity contribution >= 4 is 6.01 Å². The third-order valence-electron chi connectivity index (χ3n) is 2.60. The van der Waals surface area contributed by atoms with Crippen molar-refractivity contribution in [1.82, 2.24) is 10.1 Å². The standard InChI is InChI=1S/C10H17N3O3/c14-6-1-4-13(5-7-15)10-11-9(12-16-10)8-2-3-8/h8,14-15H,1-7H2. The van der Waals surface area contributed by atoms with Crippen LogP contribution in [0.2, 0.25) is 0 Å². The molecule has 6 nitrogen and oxygen atoms in total. The van der Waals surface area contributed by atoms with Gasteiger partial charge in [0, 0.05) is 25.6 Å². The number of aliphatic hydroxyl groups excluding tert-OH is 2. The predicted octanol–water partition coefficient (Wildman–Crippen LogP) is 0.128. The summed E-state index contributed by atoms with van der Waals surface area (Å²) in [5.74, 6) is 1.23. The lowest BCUT2D eigenvalue weighted by Gasteiger charge is -2.17. The van der Waals surface area contributed by atoms with Crippen LogP contribution >= 0.6 is 0 Å². The molecule has 0 unspecified atom stereocenters. The first-order chi connectivity index (χ1) is 7.85. The van der Waals surface area contributed by atoms with Gasteiger partial charge in [-0.3, -0.25) is 0 Å². The number of rotatable bonds is 7. The largest absolute Gasteiger partial charge is 0.396 e. The van der Waals surface area contributed by atoms with Crippen molar-refractivity contribution in [3.8, 4) is 0 Å². The van der Waals surface area contributed by atoms with Crippen LogP contribution in [0.5, 0.6) is 0 Å². The average molecular weight is 227 g/mol. The second kappa shape index (κ2) is 5.27. The SMILES string of the molecule is OCCCN(CCO)c1nc(C2CC2)no1. The molecule has 0 saturated heterocycles. The van der Waals surface area contributed by atoms with E-state index >= 15 is 0 Å². The van der Waals surface area contributed by atoms with E-state index in [0.29, 0.717) is 31.4 Å². The summed E-state index contributed by atoms with van der Waals surface area (Å²) in [6.07, 6.45) is 2.90. The quantitative estimate of drug-likeness (QED) is 0.689. The lowest BCUT2D eigenvalue weighted by atomic mass is 10.4. The third-order valence-corrected chi connectivity index (χ3v) is 2.60. The molecule has 1 saturated carbocycles. The molecule has 1 fully saturated rings. The first-order valence-electron chi connectivity index (χ1n) is 5.65. The molecule has 1 aromatic heterocycles. The summed E-state index contributed by atoms with van der Waals surface area (Å²) >= 11 is 0. The van der Waals surface area contributed by atoms with Crippen LogP contribution in [0.4, 0.5) is 6.01 Å². The molecule has 6 heteroatoms. The van der Waals surface area contributed by atoms with Crippen molar-refractivity contribution in [1.29, 1.82) is 0 Å². The average Bonchev–Trinajstić information content (AvgIpc) is 3.03. The van der Waals surface area contributed by atoms with Gasteiger partial charge in [0.05, 0.1) is 6.61 Å². The van der Waals surface area contributed by atoms with Gasteiger partial charge >= 0.3 is 6.01 Å². The molecule has 0 spiro atoms. The molecule has 90 valence electrons. The summed E-state index contributed by atoms with van der Waals surface area (Å²) in [6.45, 7) is 1.22. The zero-order valence-electron chi connectivity index (χ0n) is 9.17. The minimum absolute atomic E-state index is 0.0343. The molecule has 1 aliphatic carbocycles. The van der Waals surface area contributed by atoms with Crippen LogP contribution in [-0.4, -0.2) is 46.7 Å². The highest BCUT2D eigenvalue weighted by Gasteiger charge is 2.29. The number of hydrogen-bond acceptors (Lipinski definition) is 6. The van der Waals surface area contributed by atoms with Crippen molar-refractivity contribution in [2.45, 2.75) is 25.2 Å². The highest BCUT2D eigenvalue weighted by atomic mass is 16.5. The molecule has 1 heterocycles. The van der Waals surface area contributed by atoms with E-state index < -0.39 is 0 Å². The Bertz CT molecular complexity index is 325. The summed E-state index contributed by atoms with van der Waals surface area (Å²) in [5, 5.41) is 21.6. The van der Waals surface area contributed by atoms with Crippen molar-refractivity contribution < 1.29 is 14.7 Å². The van der Waals surface area contributed by atoms with Gasteiger partial charge in [-0.1, -0.05) is 5.16 Å². The van der Waals surface area contributed by atoms with Gasteiger partial charge in [0.15, 0.2) is 5.82 Å². The molecule has 16 heavy (non-hydrogen) atoms. The number of anilines is 1. The fourth-order valence-corrected chi connectivity index (χ4v) is 1.55. The van der Waals surface area contributed by atoms with E-state index in [2.05, 4.69) is 10.1 Å². The van der Waals surface area contributed by atoms with Gasteiger partial charge in [0.25, 0.3) is 0 Å². The van der Waals surface area contributed by atoms with Crippen molar-refractivity contribution in [2.75, 3.05) is 31.2 Å². The molecule has 0 bridgehead atoms. The molecule has 0 radical (unpaired) electrons. The molecule has 1 aliphatic rings. The minimum Gasteiger partial charge on any atom is -0.396 e. The van der Waals surface area contributed by atoms with Crippen LogP contribution < -0.4 is 4.90 Å². The second-order valence-corrected chi connectivity index (χ2v) is 4.00. The molecule has 2 N–H and O–H groups in total. The Balaban J connectivity index is 1.98. The van der Waals surface area contributed by atoms with Gasteiger partial charge in [0.2, 0.25) is 0 Å². The van der Waals surface area contributed by atoms with Crippen LogP contribution in [0.25, 0.3) is 0 Å². The maximum Gasteiger partial charge on any atom is 0.324 e. The first kappa shape index (κ1) is 11.3. The number of aliphatic hydroxyl groups is 2. The zero-order valence-corrected chi connectivity index (χ0v) is 9.17. The first-order valence-corrected chi connectivity index (χ1v) is 5.65. The summed E-state index contributed by atoms with van der Waals surface area (Å²) < 4.78 is 5.15. The Labute approximate surface area is 93.9 Å². The van der Waals surface area contributed by atoms with E-state index in [-0.39, 0.29) is 13.2 Å². The van der Waals surface area contributed by atoms with Crippen LogP contribution in [0.15, 0.2) is 4.52 Å². The van der Waals surface area contributed by atoms with Crippen LogP contribution in [-0.2, 0) is 0 Å². The fraction of sp³-hybridized carbons (Fsp3) is 0.800. The molecule has 2 rings (SSSR count). The third kappa shape index (κ3) is 2.70. The normalized spacial score (nSPS) is 15.4. The fourth-order valence-electron chi connectivity index (χ4n) is 1.55. The molecular formula is C10H17N3O3. The molecule has 1 aromatic rings. The molecular weight excluding hydrogens is 210 g/mol. The molecule has 0 atom stereocenters. The Morgan fingerprint density at radius 1 is 1.25 bits per heavy atom. The van der Waals surface area contributed by atoms with Gasteiger partial charge in [-0.25, -0.2) is 0 Å². The van der Waals surface area contributed by atoms with E-state index in [0.717, 1.165) is 18.7 Å². The van der Waals surface area contributed by atoms with E-state index in [1.54, 1.807) is 4.90 Å². The van der Waals surface area contributed by atoms with Gasteiger partial charge in [-0.05, 0) is 19.3 Å². The van der Waals surface area contributed by atoms with E-state index in [4.69, 9.17) is 14.7 Å². The Morgan fingerprint density at radius 3 is 2.69 bits per heavy atom. The molecule has 0 aliphatic heterocycles. The van der Waals surface area contributed by atoms with E-state index in [1.165, 1.54) is 0 Å². The monoisotopic (exact) mass is 227 g/mol. The second-order valence-electron chi connectivity index (χ2n) is 4.00. The van der Waals surface area contributed by atoms with Crippen LogP contribution in [0.3, 0.4) is 0 Å². The maximum atomic E-state index is 8.93. The maximum absolute atomic E-state index is 8.93. The van der Waals surface area contributed by atoms with Crippen LogP contribution in [0.1, 0.15) is 31.0 Å². The topological polar surface area (TPSA) is 82.6 Å². The summed E-state index contributed by atoms with van der Waals surface area (Å²) in [5.41, 5.74) is 0. The van der Waals surface area contributed by atoms with Gasteiger partial charge in [-0.2, -0.15) is 4.98 Å².